The van der Waals surface area contributed by atoms with Crippen molar-refractivity contribution in [2.24, 2.45) is 5.84 Å². The smallest absolute Gasteiger partial charge is 0.268 e. The maximum Gasteiger partial charge on any atom is 0.268 e. The average molecular weight is 288 g/mol. The number of aromatic nitrogens is 1. The standard InChI is InChI=1S/C15H20N4O2/c1-3-19(8-13-6-4-5-11(2)17-13)9-14-7-12(10-21-14)15(20)18-16/h4-7,10H,3,8-9,16H2,1-2H3,(H,18,20). The van der Waals surface area contributed by atoms with E-state index in [9.17, 15) is 4.79 Å². The highest BCUT2D eigenvalue weighted by Crippen LogP contribution is 2.12. The van der Waals surface area contributed by atoms with Gasteiger partial charge in [0, 0.05) is 12.2 Å². The lowest BCUT2D eigenvalue weighted by Gasteiger charge is -2.18. The van der Waals surface area contributed by atoms with Gasteiger partial charge in [0.15, 0.2) is 0 Å². The van der Waals surface area contributed by atoms with Gasteiger partial charge in [0.1, 0.15) is 12.0 Å². The van der Waals surface area contributed by atoms with Crippen molar-refractivity contribution in [3.05, 3.63) is 53.2 Å². The maximum atomic E-state index is 11.4. The Balaban J connectivity index is 2.02. The van der Waals surface area contributed by atoms with Crippen LogP contribution in [0.3, 0.4) is 0 Å². The molecule has 0 aliphatic heterocycles. The third-order valence-electron chi connectivity index (χ3n) is 3.21. The van der Waals surface area contributed by atoms with Gasteiger partial charge in [0.2, 0.25) is 0 Å². The van der Waals surface area contributed by atoms with E-state index in [4.69, 9.17) is 10.3 Å². The summed E-state index contributed by atoms with van der Waals surface area (Å²) >= 11 is 0. The number of nitrogens with zero attached hydrogens (tertiary/aromatic N) is 2. The molecule has 6 heteroatoms. The van der Waals surface area contributed by atoms with E-state index in [1.165, 1.54) is 6.26 Å². The molecule has 0 saturated carbocycles. The monoisotopic (exact) mass is 288 g/mol. The van der Waals surface area contributed by atoms with Crippen molar-refractivity contribution in [3.63, 3.8) is 0 Å². The summed E-state index contributed by atoms with van der Waals surface area (Å²) in [6.45, 7) is 6.26. The molecule has 0 aromatic carbocycles. The lowest BCUT2D eigenvalue weighted by molar-refractivity contribution is 0.0953. The van der Waals surface area contributed by atoms with Crippen LogP contribution in [0.1, 0.15) is 34.4 Å². The van der Waals surface area contributed by atoms with Gasteiger partial charge >= 0.3 is 0 Å². The Hall–Kier alpha value is -2.18. The molecule has 0 spiro atoms. The van der Waals surface area contributed by atoms with Crippen LogP contribution in [0, 0.1) is 6.92 Å². The number of nitrogens with one attached hydrogen (secondary N) is 1. The normalized spacial score (nSPS) is 10.9. The molecule has 2 aromatic heterocycles. The molecule has 3 N–H and O–H groups in total. The molecule has 0 aliphatic carbocycles. The molecule has 0 atom stereocenters. The van der Waals surface area contributed by atoms with Crippen LogP contribution in [0.25, 0.3) is 0 Å². The number of nitrogen functional groups attached to an aromatic ring is 1. The number of carbonyl (C=O) groups is 1. The molecular formula is C15H20N4O2. The Morgan fingerprint density at radius 2 is 2.24 bits per heavy atom. The molecule has 0 bridgehead atoms. The minimum atomic E-state index is -0.353. The van der Waals surface area contributed by atoms with Crippen LogP contribution < -0.4 is 11.3 Å². The van der Waals surface area contributed by atoms with E-state index in [0.29, 0.717) is 12.1 Å². The fraction of sp³-hybridized carbons (Fsp3) is 0.333. The Morgan fingerprint density at radius 3 is 2.90 bits per heavy atom. The predicted molar refractivity (Wildman–Crippen MR) is 79.1 cm³/mol. The molecule has 2 heterocycles. The van der Waals surface area contributed by atoms with Crippen molar-refractivity contribution >= 4 is 5.91 Å². The van der Waals surface area contributed by atoms with Gasteiger partial charge in [-0.15, -0.1) is 0 Å². The summed E-state index contributed by atoms with van der Waals surface area (Å²) in [5.74, 6) is 5.47. The zero-order valence-electron chi connectivity index (χ0n) is 12.3. The first-order valence-electron chi connectivity index (χ1n) is 6.85. The zero-order valence-corrected chi connectivity index (χ0v) is 12.3. The summed E-state index contributed by atoms with van der Waals surface area (Å²) in [5.41, 5.74) is 4.53. The summed E-state index contributed by atoms with van der Waals surface area (Å²) < 4.78 is 5.40. The predicted octanol–water partition coefficient (Wildman–Crippen LogP) is 1.61. The lowest BCUT2D eigenvalue weighted by Crippen LogP contribution is -2.29. The molecule has 0 unspecified atom stereocenters. The van der Waals surface area contributed by atoms with Crippen molar-refractivity contribution in [2.45, 2.75) is 26.9 Å². The summed E-state index contributed by atoms with van der Waals surface area (Å²) in [6.07, 6.45) is 1.41. The Kier molecular flexibility index (Phi) is 5.08. The Labute approximate surface area is 123 Å². The summed E-state index contributed by atoms with van der Waals surface area (Å²) in [6, 6.07) is 7.69. The van der Waals surface area contributed by atoms with E-state index in [0.717, 1.165) is 30.2 Å². The van der Waals surface area contributed by atoms with E-state index < -0.39 is 0 Å². The molecule has 0 radical (unpaired) electrons. The number of aryl methyl sites for hydroxylation is 1. The first-order valence-corrected chi connectivity index (χ1v) is 6.85. The lowest BCUT2D eigenvalue weighted by atomic mass is 10.2. The summed E-state index contributed by atoms with van der Waals surface area (Å²) in [4.78, 5) is 18.1. The molecule has 112 valence electrons. The number of amides is 1. The van der Waals surface area contributed by atoms with Crippen LogP contribution in [0.4, 0.5) is 0 Å². The third kappa shape index (κ3) is 4.14. The van der Waals surface area contributed by atoms with Gasteiger partial charge in [-0.05, 0) is 31.7 Å². The van der Waals surface area contributed by atoms with Crippen molar-refractivity contribution < 1.29 is 9.21 Å². The zero-order chi connectivity index (χ0) is 15.2. The number of hydrogen-bond donors (Lipinski definition) is 2. The minimum Gasteiger partial charge on any atom is -0.467 e. The molecule has 1 amide bonds. The highest BCUT2D eigenvalue weighted by atomic mass is 16.3. The molecule has 21 heavy (non-hydrogen) atoms. The third-order valence-corrected chi connectivity index (χ3v) is 3.21. The number of rotatable bonds is 6. The minimum absolute atomic E-state index is 0.353. The van der Waals surface area contributed by atoms with Crippen LogP contribution in [0.15, 0.2) is 34.9 Å². The Morgan fingerprint density at radius 1 is 1.43 bits per heavy atom. The van der Waals surface area contributed by atoms with Gasteiger partial charge < -0.3 is 4.42 Å². The van der Waals surface area contributed by atoms with Gasteiger partial charge in [-0.2, -0.15) is 0 Å². The van der Waals surface area contributed by atoms with Crippen molar-refractivity contribution in [2.75, 3.05) is 6.54 Å². The van der Waals surface area contributed by atoms with E-state index in [-0.39, 0.29) is 5.91 Å². The van der Waals surface area contributed by atoms with E-state index >= 15 is 0 Å². The second-order valence-corrected chi connectivity index (χ2v) is 4.85. The number of furan rings is 1. The number of pyridine rings is 1. The van der Waals surface area contributed by atoms with Crippen LogP contribution in [0.2, 0.25) is 0 Å². The SMILES string of the molecule is CCN(Cc1cccc(C)n1)Cc1cc(C(=O)NN)co1. The molecular weight excluding hydrogens is 268 g/mol. The molecule has 6 nitrogen and oxygen atoms in total. The van der Waals surface area contributed by atoms with Crippen molar-refractivity contribution in [3.8, 4) is 0 Å². The summed E-state index contributed by atoms with van der Waals surface area (Å²) in [7, 11) is 0. The second-order valence-electron chi connectivity index (χ2n) is 4.85. The largest absolute Gasteiger partial charge is 0.467 e. The van der Waals surface area contributed by atoms with Gasteiger partial charge in [-0.3, -0.25) is 20.1 Å². The van der Waals surface area contributed by atoms with Crippen LogP contribution in [-0.2, 0) is 13.1 Å². The number of hydrazine groups is 1. The van der Waals surface area contributed by atoms with Gasteiger partial charge in [0.05, 0.1) is 17.8 Å². The first-order chi connectivity index (χ1) is 10.1. The molecule has 0 fully saturated rings. The molecule has 2 rings (SSSR count). The molecule has 0 saturated heterocycles. The quantitative estimate of drug-likeness (QED) is 0.479. The van der Waals surface area contributed by atoms with E-state index in [2.05, 4.69) is 22.2 Å². The van der Waals surface area contributed by atoms with Crippen molar-refractivity contribution in [1.82, 2.24) is 15.3 Å². The first kappa shape index (κ1) is 15.2. The maximum absolute atomic E-state index is 11.4. The fourth-order valence-corrected chi connectivity index (χ4v) is 2.08. The van der Waals surface area contributed by atoms with Gasteiger partial charge in [-0.1, -0.05) is 13.0 Å². The molecule has 0 aliphatic rings. The fourth-order valence-electron chi connectivity index (χ4n) is 2.08. The average Bonchev–Trinajstić information content (AvgIpc) is 2.94. The number of nitrogens with two attached hydrogens (primary N) is 1. The highest BCUT2D eigenvalue weighted by molar-refractivity contribution is 5.93. The van der Waals surface area contributed by atoms with Crippen LogP contribution >= 0.6 is 0 Å². The van der Waals surface area contributed by atoms with Gasteiger partial charge in [-0.25, -0.2) is 5.84 Å². The van der Waals surface area contributed by atoms with E-state index in [1.807, 2.05) is 25.1 Å². The highest BCUT2D eigenvalue weighted by Gasteiger charge is 2.12. The number of hydrogen-bond acceptors (Lipinski definition) is 5. The van der Waals surface area contributed by atoms with Crippen LogP contribution in [0.5, 0.6) is 0 Å². The molecule has 2 aromatic rings. The Bertz CT molecular complexity index is 609. The van der Waals surface area contributed by atoms with Crippen molar-refractivity contribution in [1.29, 1.82) is 0 Å². The van der Waals surface area contributed by atoms with Crippen LogP contribution in [-0.4, -0.2) is 22.3 Å². The number of carbonyl (C=O) groups excluding carboxylic acids is 1. The van der Waals surface area contributed by atoms with Gasteiger partial charge in [0.25, 0.3) is 5.91 Å². The topological polar surface area (TPSA) is 84.4 Å². The second kappa shape index (κ2) is 7.01. The summed E-state index contributed by atoms with van der Waals surface area (Å²) in [5, 5.41) is 0. The van der Waals surface area contributed by atoms with E-state index in [1.54, 1.807) is 6.07 Å².